The quantitative estimate of drug-likeness (QED) is 0.558. The summed E-state index contributed by atoms with van der Waals surface area (Å²) in [4.78, 5) is 4.58. The highest BCUT2D eigenvalue weighted by atomic mass is 19.1. The molecular formula is C19H16F2N4O. The maximum absolute atomic E-state index is 13.8. The van der Waals surface area contributed by atoms with E-state index in [9.17, 15) is 8.78 Å². The Morgan fingerprint density at radius 2 is 1.85 bits per heavy atom. The van der Waals surface area contributed by atoms with Crippen molar-refractivity contribution in [3.8, 4) is 17.1 Å². The maximum Gasteiger partial charge on any atom is 0.180 e. The fourth-order valence-electron chi connectivity index (χ4n) is 3.00. The average Bonchev–Trinajstić information content (AvgIpc) is 3.16. The molecule has 0 atom stereocenters. The lowest BCUT2D eigenvalue weighted by atomic mass is 10.2. The van der Waals surface area contributed by atoms with Gasteiger partial charge in [-0.25, -0.2) is 13.8 Å². The summed E-state index contributed by atoms with van der Waals surface area (Å²) in [6.45, 7) is 1.68. The lowest BCUT2D eigenvalue weighted by Gasteiger charge is -2.10. The van der Waals surface area contributed by atoms with Crippen molar-refractivity contribution in [1.82, 2.24) is 19.2 Å². The van der Waals surface area contributed by atoms with Crippen molar-refractivity contribution < 1.29 is 13.5 Å². The molecule has 7 heteroatoms. The number of benzene rings is 1. The van der Waals surface area contributed by atoms with Gasteiger partial charge in [0, 0.05) is 19.4 Å². The molecule has 0 aliphatic heterocycles. The summed E-state index contributed by atoms with van der Waals surface area (Å²) in [7, 11) is 1.86. The molecule has 0 N–H and O–H groups in total. The molecule has 1 aromatic carbocycles. The number of hydrogen-bond acceptors (Lipinski definition) is 3. The molecule has 3 aromatic heterocycles. The Bertz CT molecular complexity index is 1080. The van der Waals surface area contributed by atoms with Gasteiger partial charge in [-0.05, 0) is 37.3 Å². The largest absolute Gasteiger partial charge is 0.485 e. The number of aryl methyl sites for hydroxylation is 2. The van der Waals surface area contributed by atoms with Crippen LogP contribution < -0.4 is 4.74 Å². The second kappa shape index (κ2) is 6.25. The molecule has 4 aromatic rings. The standard InChI is InChI=1S/C19H16F2N4O/c1-12-18(16-8-9-22-24(16)2)25-10-4-7-17(19(25)23-12)26-11-13-14(20)5-3-6-15(13)21/h3-10H,11H2,1-2H3. The van der Waals surface area contributed by atoms with Gasteiger partial charge in [-0.15, -0.1) is 0 Å². The SMILES string of the molecule is Cc1nc2c(OCc3c(F)cccc3F)cccn2c1-c1ccnn1C. The number of halogens is 2. The van der Waals surface area contributed by atoms with E-state index in [1.54, 1.807) is 23.0 Å². The molecule has 0 amide bonds. The van der Waals surface area contributed by atoms with E-state index < -0.39 is 11.6 Å². The van der Waals surface area contributed by atoms with E-state index in [0.29, 0.717) is 11.4 Å². The van der Waals surface area contributed by atoms with Crippen LogP contribution in [0.2, 0.25) is 0 Å². The summed E-state index contributed by atoms with van der Waals surface area (Å²) < 4.78 is 37.0. The third kappa shape index (κ3) is 2.61. The Balaban J connectivity index is 1.75. The van der Waals surface area contributed by atoms with E-state index >= 15 is 0 Å². The van der Waals surface area contributed by atoms with Gasteiger partial charge >= 0.3 is 0 Å². The van der Waals surface area contributed by atoms with Crippen LogP contribution in [0.5, 0.6) is 5.75 Å². The van der Waals surface area contributed by atoms with E-state index in [4.69, 9.17) is 4.74 Å². The molecular weight excluding hydrogens is 338 g/mol. The molecule has 0 spiro atoms. The van der Waals surface area contributed by atoms with Crippen LogP contribution in [0.15, 0.2) is 48.8 Å². The smallest absolute Gasteiger partial charge is 0.180 e. The topological polar surface area (TPSA) is 44.4 Å². The third-order valence-corrected chi connectivity index (χ3v) is 4.29. The highest BCUT2D eigenvalue weighted by Gasteiger charge is 2.17. The zero-order valence-electron chi connectivity index (χ0n) is 14.3. The molecule has 132 valence electrons. The van der Waals surface area contributed by atoms with Crippen LogP contribution in [0, 0.1) is 18.6 Å². The minimum atomic E-state index is -0.632. The Labute approximate surface area is 148 Å². The molecule has 0 fully saturated rings. The fraction of sp³-hybridized carbons (Fsp3) is 0.158. The van der Waals surface area contributed by atoms with E-state index in [0.717, 1.165) is 17.1 Å². The van der Waals surface area contributed by atoms with Gasteiger partial charge in [0.2, 0.25) is 0 Å². The second-order valence-electron chi connectivity index (χ2n) is 5.94. The molecule has 0 saturated heterocycles. The number of aromatic nitrogens is 4. The van der Waals surface area contributed by atoms with Gasteiger partial charge < -0.3 is 4.74 Å². The fourth-order valence-corrected chi connectivity index (χ4v) is 3.00. The zero-order chi connectivity index (χ0) is 18.3. The van der Waals surface area contributed by atoms with Crippen molar-refractivity contribution in [3.05, 3.63) is 71.7 Å². The van der Waals surface area contributed by atoms with Crippen LogP contribution in [-0.2, 0) is 13.7 Å². The third-order valence-electron chi connectivity index (χ3n) is 4.29. The van der Waals surface area contributed by atoms with Crippen LogP contribution in [0.4, 0.5) is 8.78 Å². The number of nitrogens with zero attached hydrogens (tertiary/aromatic N) is 4. The first-order chi connectivity index (χ1) is 12.6. The minimum Gasteiger partial charge on any atom is -0.485 e. The van der Waals surface area contributed by atoms with Gasteiger partial charge in [0.15, 0.2) is 11.4 Å². The van der Waals surface area contributed by atoms with E-state index in [-0.39, 0.29) is 12.2 Å². The molecule has 0 aliphatic rings. The number of fused-ring (bicyclic) bond motifs is 1. The number of ether oxygens (including phenoxy) is 1. The van der Waals surface area contributed by atoms with Crippen molar-refractivity contribution in [2.75, 3.05) is 0 Å². The molecule has 0 bridgehead atoms. The van der Waals surface area contributed by atoms with E-state index in [2.05, 4.69) is 10.1 Å². The minimum absolute atomic E-state index is 0.107. The highest BCUT2D eigenvalue weighted by molar-refractivity contribution is 5.67. The lowest BCUT2D eigenvalue weighted by molar-refractivity contribution is 0.294. The number of rotatable bonds is 4. The molecule has 26 heavy (non-hydrogen) atoms. The number of imidazole rings is 1. The van der Waals surface area contributed by atoms with Crippen molar-refractivity contribution in [1.29, 1.82) is 0 Å². The average molecular weight is 354 g/mol. The van der Waals surface area contributed by atoms with Crippen LogP contribution in [0.25, 0.3) is 17.0 Å². The molecule has 0 saturated carbocycles. The summed E-state index contributed by atoms with van der Waals surface area (Å²) >= 11 is 0. The molecule has 0 radical (unpaired) electrons. The van der Waals surface area contributed by atoms with Crippen molar-refractivity contribution >= 4 is 5.65 Å². The first kappa shape index (κ1) is 16.3. The van der Waals surface area contributed by atoms with Crippen LogP contribution in [0.3, 0.4) is 0 Å². The van der Waals surface area contributed by atoms with Gasteiger partial charge in [0.25, 0.3) is 0 Å². The molecule has 4 rings (SSSR count). The van der Waals surface area contributed by atoms with Crippen molar-refractivity contribution in [2.24, 2.45) is 7.05 Å². The van der Waals surface area contributed by atoms with Crippen LogP contribution in [0.1, 0.15) is 11.3 Å². The monoisotopic (exact) mass is 354 g/mol. The summed E-state index contributed by atoms with van der Waals surface area (Å²) in [5.74, 6) is -0.814. The molecule has 5 nitrogen and oxygen atoms in total. The Morgan fingerprint density at radius 1 is 1.08 bits per heavy atom. The van der Waals surface area contributed by atoms with Crippen molar-refractivity contribution in [2.45, 2.75) is 13.5 Å². The number of pyridine rings is 1. The van der Waals surface area contributed by atoms with Gasteiger partial charge in [0.1, 0.15) is 18.2 Å². The second-order valence-corrected chi connectivity index (χ2v) is 5.94. The lowest BCUT2D eigenvalue weighted by Crippen LogP contribution is -2.03. The van der Waals surface area contributed by atoms with E-state index in [1.807, 2.05) is 30.6 Å². The van der Waals surface area contributed by atoms with Crippen molar-refractivity contribution in [3.63, 3.8) is 0 Å². The number of hydrogen-bond donors (Lipinski definition) is 0. The predicted octanol–water partition coefficient (Wildman–Crippen LogP) is 3.90. The molecule has 0 unspecified atom stereocenters. The Kier molecular flexibility index (Phi) is 3.91. The summed E-state index contributed by atoms with van der Waals surface area (Å²) in [5.41, 5.74) is 3.08. The van der Waals surface area contributed by atoms with Crippen LogP contribution >= 0.6 is 0 Å². The Hall–Kier alpha value is -3.22. The summed E-state index contributed by atoms with van der Waals surface area (Å²) in [6, 6.07) is 9.19. The summed E-state index contributed by atoms with van der Waals surface area (Å²) in [6.07, 6.45) is 3.59. The van der Waals surface area contributed by atoms with Gasteiger partial charge in [-0.2, -0.15) is 5.10 Å². The Morgan fingerprint density at radius 3 is 2.54 bits per heavy atom. The zero-order valence-corrected chi connectivity index (χ0v) is 14.3. The van der Waals surface area contributed by atoms with Crippen LogP contribution in [-0.4, -0.2) is 19.2 Å². The first-order valence-electron chi connectivity index (χ1n) is 8.08. The first-order valence-corrected chi connectivity index (χ1v) is 8.08. The van der Waals surface area contributed by atoms with E-state index in [1.165, 1.54) is 18.2 Å². The van der Waals surface area contributed by atoms with Gasteiger partial charge in [-0.3, -0.25) is 9.08 Å². The predicted molar refractivity (Wildman–Crippen MR) is 92.8 cm³/mol. The summed E-state index contributed by atoms with van der Waals surface area (Å²) in [5, 5.41) is 4.20. The maximum atomic E-state index is 13.8. The van der Waals surface area contributed by atoms with Gasteiger partial charge in [-0.1, -0.05) is 6.07 Å². The molecule has 0 aliphatic carbocycles. The van der Waals surface area contributed by atoms with Gasteiger partial charge in [0.05, 0.1) is 22.6 Å². The highest BCUT2D eigenvalue weighted by Crippen LogP contribution is 2.29. The molecule has 3 heterocycles. The normalized spacial score (nSPS) is 11.2.